The molecule has 2 atom stereocenters. The first-order valence-corrected chi connectivity index (χ1v) is 11.1. The van der Waals surface area contributed by atoms with E-state index in [2.05, 4.69) is 15.2 Å². The van der Waals surface area contributed by atoms with Gasteiger partial charge in [-0.15, -0.1) is 0 Å². The summed E-state index contributed by atoms with van der Waals surface area (Å²) in [5.74, 6) is -0.588. The van der Waals surface area contributed by atoms with E-state index in [4.69, 9.17) is 10.3 Å². The molecule has 3 heterocycles. The average Bonchev–Trinajstić information content (AvgIpc) is 3.53. The van der Waals surface area contributed by atoms with Gasteiger partial charge in [0.2, 0.25) is 17.6 Å². The first-order valence-electron chi connectivity index (χ1n) is 11.1. The molecule has 34 heavy (non-hydrogen) atoms. The van der Waals surface area contributed by atoms with Crippen LogP contribution in [0.25, 0.3) is 11.4 Å². The van der Waals surface area contributed by atoms with Crippen molar-refractivity contribution < 1.29 is 18.5 Å². The van der Waals surface area contributed by atoms with E-state index in [1.165, 1.54) is 17.1 Å². The highest BCUT2D eigenvalue weighted by atomic mass is 19.1. The Hall–Kier alpha value is -4.08. The summed E-state index contributed by atoms with van der Waals surface area (Å²) in [5.41, 5.74) is 7.11. The van der Waals surface area contributed by atoms with E-state index < -0.39 is 11.9 Å². The van der Waals surface area contributed by atoms with E-state index in [1.54, 1.807) is 17.0 Å². The lowest BCUT2D eigenvalue weighted by Gasteiger charge is -2.30. The summed E-state index contributed by atoms with van der Waals surface area (Å²) in [5, 5.41) is 9.96. The lowest BCUT2D eigenvalue weighted by atomic mass is 9.97. The largest absolute Gasteiger partial charge is 0.368 e. The molecule has 0 aliphatic carbocycles. The first-order chi connectivity index (χ1) is 16.5. The zero-order chi connectivity index (χ0) is 23.7. The van der Waals surface area contributed by atoms with Crippen LogP contribution in [0.4, 0.5) is 10.1 Å². The number of nitrogens with two attached hydrogens (primary N) is 1. The van der Waals surface area contributed by atoms with E-state index in [9.17, 15) is 14.0 Å². The second kappa shape index (κ2) is 9.05. The Morgan fingerprint density at radius 2 is 1.94 bits per heavy atom. The van der Waals surface area contributed by atoms with Gasteiger partial charge in [0.15, 0.2) is 0 Å². The third-order valence-corrected chi connectivity index (χ3v) is 6.09. The van der Waals surface area contributed by atoms with Crippen molar-refractivity contribution >= 4 is 23.2 Å². The van der Waals surface area contributed by atoms with E-state index >= 15 is 0 Å². The van der Waals surface area contributed by atoms with E-state index in [-0.39, 0.29) is 24.1 Å². The summed E-state index contributed by atoms with van der Waals surface area (Å²) in [4.78, 5) is 31.5. The van der Waals surface area contributed by atoms with Crippen molar-refractivity contribution in [1.29, 1.82) is 0 Å². The third-order valence-electron chi connectivity index (χ3n) is 6.09. The van der Waals surface area contributed by atoms with Gasteiger partial charge >= 0.3 is 0 Å². The summed E-state index contributed by atoms with van der Waals surface area (Å²) >= 11 is 0. The highest BCUT2D eigenvalue weighted by Crippen LogP contribution is 2.30. The number of amides is 2. The maximum atomic E-state index is 13.5. The second-order valence-corrected chi connectivity index (χ2v) is 8.41. The van der Waals surface area contributed by atoms with Gasteiger partial charge in [0.25, 0.3) is 5.91 Å². The smallest absolute Gasteiger partial charge is 0.270 e. The molecule has 1 saturated heterocycles. The number of carbonyl (C=O) groups excluding carboxylic acids is 2. The molecule has 1 fully saturated rings. The monoisotopic (exact) mass is 462 g/mol. The standard InChI is InChI=1S/C24H23FN6O3/c25-17-8-4-6-15(12-17)22-27-23(34-29-22)16-7-5-11-30(14-16)24(33)19-13-20(21(26)32)31(28-19)18-9-2-1-3-10-18/h1-4,6,8-10,12,16,20H,5,7,11,13-14H2,(H2,26,32)/t16-,20-/m0/s1. The maximum Gasteiger partial charge on any atom is 0.270 e. The van der Waals surface area contributed by atoms with E-state index in [0.717, 1.165) is 12.8 Å². The van der Waals surface area contributed by atoms with Crippen LogP contribution in [0.15, 0.2) is 64.2 Å². The number of piperidine rings is 1. The summed E-state index contributed by atoms with van der Waals surface area (Å²) < 4.78 is 19.0. The number of rotatable bonds is 5. The van der Waals surface area contributed by atoms with Crippen molar-refractivity contribution in [2.75, 3.05) is 18.1 Å². The van der Waals surface area contributed by atoms with Crippen LogP contribution in [0.5, 0.6) is 0 Å². The molecule has 2 aliphatic rings. The normalized spacial score (nSPS) is 20.3. The minimum atomic E-state index is -0.716. The van der Waals surface area contributed by atoms with Crippen LogP contribution in [0, 0.1) is 5.82 Å². The number of nitrogens with zero attached hydrogens (tertiary/aromatic N) is 5. The minimum Gasteiger partial charge on any atom is -0.368 e. The second-order valence-electron chi connectivity index (χ2n) is 8.41. The van der Waals surface area contributed by atoms with Gasteiger partial charge in [0, 0.05) is 25.1 Å². The van der Waals surface area contributed by atoms with Crippen LogP contribution in [0.1, 0.15) is 31.1 Å². The number of anilines is 1. The molecule has 10 heteroatoms. The Balaban J connectivity index is 1.32. The van der Waals surface area contributed by atoms with Crippen LogP contribution in [-0.2, 0) is 9.59 Å². The van der Waals surface area contributed by atoms with Crippen molar-refractivity contribution in [3.05, 3.63) is 66.3 Å². The van der Waals surface area contributed by atoms with E-state index in [1.807, 2.05) is 30.3 Å². The molecule has 2 aromatic carbocycles. The molecule has 1 aromatic heterocycles. The fourth-order valence-corrected chi connectivity index (χ4v) is 4.37. The molecule has 0 saturated carbocycles. The number of aromatic nitrogens is 2. The molecule has 2 N–H and O–H groups in total. The summed E-state index contributed by atoms with van der Waals surface area (Å²) in [7, 11) is 0. The topological polar surface area (TPSA) is 118 Å². The van der Waals surface area contributed by atoms with Gasteiger partial charge in [-0.05, 0) is 37.1 Å². The van der Waals surface area contributed by atoms with Crippen LogP contribution >= 0.6 is 0 Å². The number of para-hydroxylation sites is 1. The molecule has 2 amide bonds. The molecular weight excluding hydrogens is 439 g/mol. The summed E-state index contributed by atoms with van der Waals surface area (Å²) in [6.45, 7) is 0.945. The fourth-order valence-electron chi connectivity index (χ4n) is 4.37. The predicted molar refractivity (Wildman–Crippen MR) is 122 cm³/mol. The number of primary amides is 1. The number of hydrogen-bond acceptors (Lipinski definition) is 7. The molecule has 0 spiro atoms. The lowest BCUT2D eigenvalue weighted by Crippen LogP contribution is -2.43. The zero-order valence-electron chi connectivity index (χ0n) is 18.3. The molecule has 9 nitrogen and oxygen atoms in total. The van der Waals surface area contributed by atoms with Gasteiger partial charge in [-0.25, -0.2) is 4.39 Å². The van der Waals surface area contributed by atoms with Gasteiger partial charge in [0.05, 0.1) is 11.6 Å². The highest BCUT2D eigenvalue weighted by Gasteiger charge is 2.38. The Morgan fingerprint density at radius 3 is 2.71 bits per heavy atom. The molecule has 5 rings (SSSR count). The van der Waals surface area contributed by atoms with Crippen molar-refractivity contribution in [3.8, 4) is 11.4 Å². The van der Waals surface area contributed by atoms with Crippen molar-refractivity contribution in [3.63, 3.8) is 0 Å². The zero-order valence-corrected chi connectivity index (χ0v) is 18.3. The van der Waals surface area contributed by atoms with Crippen LogP contribution in [0.3, 0.4) is 0 Å². The van der Waals surface area contributed by atoms with E-state index in [0.29, 0.717) is 41.8 Å². The SMILES string of the molecule is NC(=O)[C@@H]1CC(C(=O)N2CCC[C@H](c3nc(-c4cccc(F)c4)no3)C2)=NN1c1ccccc1. The van der Waals surface area contributed by atoms with Crippen molar-refractivity contribution in [1.82, 2.24) is 15.0 Å². The molecule has 174 valence electrons. The number of hydrogen-bond donors (Lipinski definition) is 1. The summed E-state index contributed by atoms with van der Waals surface area (Å²) in [6.07, 6.45) is 1.68. The number of hydrazone groups is 1. The van der Waals surface area contributed by atoms with Crippen LogP contribution < -0.4 is 10.7 Å². The van der Waals surface area contributed by atoms with Gasteiger partial charge in [-0.1, -0.05) is 35.5 Å². The maximum absolute atomic E-state index is 13.5. The quantitative estimate of drug-likeness (QED) is 0.623. The molecule has 0 bridgehead atoms. The van der Waals surface area contributed by atoms with Gasteiger partial charge in [0.1, 0.15) is 17.6 Å². The molecule has 3 aromatic rings. The Kier molecular flexibility index (Phi) is 5.79. The van der Waals surface area contributed by atoms with Crippen LogP contribution in [0.2, 0.25) is 0 Å². The summed E-state index contributed by atoms with van der Waals surface area (Å²) in [6, 6.07) is 14.4. The number of carbonyl (C=O) groups is 2. The lowest BCUT2D eigenvalue weighted by molar-refractivity contribution is -0.125. The fraction of sp³-hybridized carbons (Fsp3) is 0.292. The van der Waals surface area contributed by atoms with Gasteiger partial charge in [-0.2, -0.15) is 10.1 Å². The Bertz CT molecular complexity index is 1240. The average molecular weight is 462 g/mol. The van der Waals surface area contributed by atoms with Crippen LogP contribution in [-0.4, -0.2) is 51.7 Å². The molecule has 0 unspecified atom stereocenters. The predicted octanol–water partition coefficient (Wildman–Crippen LogP) is 2.70. The molecule has 2 aliphatic heterocycles. The van der Waals surface area contributed by atoms with Gasteiger partial charge in [-0.3, -0.25) is 14.6 Å². The van der Waals surface area contributed by atoms with Gasteiger partial charge < -0.3 is 15.2 Å². The Labute approximate surface area is 195 Å². The minimum absolute atomic E-state index is 0.147. The number of benzene rings is 2. The third kappa shape index (κ3) is 4.26. The Morgan fingerprint density at radius 1 is 1.12 bits per heavy atom. The molecular formula is C24H23FN6O3. The van der Waals surface area contributed by atoms with Crippen molar-refractivity contribution in [2.45, 2.75) is 31.2 Å². The first kappa shape index (κ1) is 21.7. The van der Waals surface area contributed by atoms with Crippen molar-refractivity contribution in [2.24, 2.45) is 10.8 Å². The molecule has 0 radical (unpaired) electrons. The number of likely N-dealkylation sites (tertiary alicyclic amines) is 1. The number of halogens is 1. The highest BCUT2D eigenvalue weighted by molar-refractivity contribution is 6.40.